The van der Waals surface area contributed by atoms with Gasteiger partial charge in [-0.05, 0) is 64.3 Å². The average molecular weight is 500 g/mol. The lowest BCUT2D eigenvalue weighted by molar-refractivity contribution is 0.197. The first-order valence-electron chi connectivity index (χ1n) is 10.6. The van der Waals surface area contributed by atoms with Gasteiger partial charge in [0.1, 0.15) is 11.9 Å². The van der Waals surface area contributed by atoms with Crippen molar-refractivity contribution in [3.05, 3.63) is 29.8 Å². The molecule has 0 aromatic heterocycles. The number of nitrogens with one attached hydrogen (secondary N) is 1. The zero-order chi connectivity index (χ0) is 19.1. The molecule has 3 rings (SSSR count). The lowest BCUT2D eigenvalue weighted by Gasteiger charge is -2.29. The van der Waals surface area contributed by atoms with E-state index in [1.54, 1.807) is 0 Å². The van der Waals surface area contributed by atoms with Crippen molar-refractivity contribution in [3.63, 3.8) is 0 Å². The number of ether oxygens (including phenoxy) is 1. The highest BCUT2D eigenvalue weighted by Crippen LogP contribution is 2.20. The third-order valence-corrected chi connectivity index (χ3v) is 5.67. The molecule has 6 heteroatoms. The summed E-state index contributed by atoms with van der Waals surface area (Å²) in [7, 11) is 1.88. The number of hydrogen-bond donors (Lipinski definition) is 1. The Kier molecular flexibility index (Phi) is 9.85. The van der Waals surface area contributed by atoms with Gasteiger partial charge in [0.15, 0.2) is 5.96 Å². The molecule has 2 aliphatic heterocycles. The molecule has 0 radical (unpaired) electrons. The summed E-state index contributed by atoms with van der Waals surface area (Å²) in [4.78, 5) is 9.57. The smallest absolute Gasteiger partial charge is 0.193 e. The van der Waals surface area contributed by atoms with Crippen molar-refractivity contribution in [1.82, 2.24) is 15.1 Å². The van der Waals surface area contributed by atoms with Crippen LogP contribution in [0.4, 0.5) is 0 Å². The maximum absolute atomic E-state index is 6.01. The summed E-state index contributed by atoms with van der Waals surface area (Å²) in [6.45, 7) is 11.0. The Morgan fingerprint density at radius 2 is 1.89 bits per heavy atom. The highest BCUT2D eigenvalue weighted by Gasteiger charge is 2.27. The first-order valence-corrected chi connectivity index (χ1v) is 10.6. The normalized spacial score (nSPS) is 21.9. The fraction of sp³-hybridized carbons (Fsp3) is 0.682. The average Bonchev–Trinajstić information content (AvgIpc) is 3.13. The first-order chi connectivity index (χ1) is 13.1. The van der Waals surface area contributed by atoms with Gasteiger partial charge >= 0.3 is 0 Å². The van der Waals surface area contributed by atoms with Crippen molar-refractivity contribution in [3.8, 4) is 5.75 Å². The van der Waals surface area contributed by atoms with Gasteiger partial charge in [-0.15, -0.1) is 24.0 Å². The molecule has 5 nitrogen and oxygen atoms in total. The van der Waals surface area contributed by atoms with Crippen LogP contribution in [0, 0.1) is 12.8 Å². The molecule has 1 aromatic rings. The van der Waals surface area contributed by atoms with Crippen molar-refractivity contribution < 1.29 is 4.74 Å². The fourth-order valence-corrected chi connectivity index (χ4v) is 4.14. The molecule has 0 bridgehead atoms. The van der Waals surface area contributed by atoms with E-state index in [1.807, 2.05) is 19.2 Å². The molecule has 1 aromatic carbocycles. The molecule has 28 heavy (non-hydrogen) atoms. The third kappa shape index (κ3) is 7.10. The molecule has 1 N–H and O–H groups in total. The zero-order valence-corrected chi connectivity index (χ0v) is 20.0. The number of nitrogens with zero attached hydrogens (tertiary/aromatic N) is 3. The van der Waals surface area contributed by atoms with E-state index in [2.05, 4.69) is 46.1 Å². The van der Waals surface area contributed by atoms with Gasteiger partial charge < -0.3 is 19.9 Å². The largest absolute Gasteiger partial charge is 0.489 e. The predicted octanol–water partition coefficient (Wildman–Crippen LogP) is 3.76. The molecule has 0 saturated carbocycles. The molecule has 158 valence electrons. The van der Waals surface area contributed by atoms with Crippen LogP contribution in [0.5, 0.6) is 5.75 Å². The number of rotatable bonds is 6. The molecule has 2 aliphatic rings. The van der Waals surface area contributed by atoms with E-state index in [9.17, 15) is 0 Å². The van der Waals surface area contributed by atoms with Gasteiger partial charge in [0, 0.05) is 26.7 Å². The molecule has 2 saturated heterocycles. The van der Waals surface area contributed by atoms with Crippen LogP contribution < -0.4 is 10.1 Å². The standard InChI is InChI=1S/C22H36N4O.HI/c1-18-7-9-21(10-8-18)27-19(2)15-24-22(23-3)26-14-11-20(17-26)16-25-12-5-4-6-13-25;/h7-10,19-20H,4-6,11-17H2,1-3H3,(H,23,24);1H. The topological polar surface area (TPSA) is 40.1 Å². The minimum atomic E-state index is 0. The Morgan fingerprint density at radius 1 is 1.18 bits per heavy atom. The summed E-state index contributed by atoms with van der Waals surface area (Å²) in [5.74, 6) is 2.70. The molecule has 2 unspecified atom stereocenters. The Morgan fingerprint density at radius 3 is 2.57 bits per heavy atom. The summed E-state index contributed by atoms with van der Waals surface area (Å²) in [5, 5.41) is 3.50. The Bertz CT molecular complexity index is 601. The van der Waals surface area contributed by atoms with Crippen molar-refractivity contribution in [2.24, 2.45) is 10.9 Å². The highest BCUT2D eigenvalue weighted by atomic mass is 127. The molecular formula is C22H37IN4O. The summed E-state index contributed by atoms with van der Waals surface area (Å²) < 4.78 is 6.01. The number of benzene rings is 1. The molecular weight excluding hydrogens is 463 g/mol. The Hall–Kier alpha value is -1.02. The summed E-state index contributed by atoms with van der Waals surface area (Å²) in [6, 6.07) is 8.24. The number of halogens is 1. The number of aliphatic imine (C=N–C) groups is 1. The number of likely N-dealkylation sites (tertiary alicyclic amines) is 2. The van der Waals surface area contributed by atoms with Crippen molar-refractivity contribution >= 4 is 29.9 Å². The molecule has 2 fully saturated rings. The fourth-order valence-electron chi connectivity index (χ4n) is 4.14. The van der Waals surface area contributed by atoms with Gasteiger partial charge in [-0.2, -0.15) is 0 Å². The third-order valence-electron chi connectivity index (χ3n) is 5.67. The molecule has 0 spiro atoms. The number of guanidine groups is 1. The number of aryl methyl sites for hydroxylation is 1. The van der Waals surface area contributed by atoms with E-state index in [0.717, 1.165) is 37.3 Å². The second-order valence-corrected chi connectivity index (χ2v) is 8.13. The summed E-state index contributed by atoms with van der Waals surface area (Å²) in [6.07, 6.45) is 5.52. The summed E-state index contributed by atoms with van der Waals surface area (Å²) in [5.41, 5.74) is 1.25. The Balaban J connectivity index is 0.00000280. The highest BCUT2D eigenvalue weighted by molar-refractivity contribution is 14.0. The van der Waals surface area contributed by atoms with E-state index >= 15 is 0 Å². The van der Waals surface area contributed by atoms with Gasteiger partial charge in [0.2, 0.25) is 0 Å². The van der Waals surface area contributed by atoms with Gasteiger partial charge in [-0.3, -0.25) is 4.99 Å². The molecule has 2 heterocycles. The molecule has 2 atom stereocenters. The second-order valence-electron chi connectivity index (χ2n) is 8.13. The van der Waals surface area contributed by atoms with E-state index < -0.39 is 0 Å². The van der Waals surface area contributed by atoms with E-state index in [0.29, 0.717) is 0 Å². The molecule has 0 amide bonds. The van der Waals surface area contributed by atoms with Crippen molar-refractivity contribution in [2.45, 2.75) is 45.6 Å². The van der Waals surface area contributed by atoms with Crippen LogP contribution in [0.25, 0.3) is 0 Å². The van der Waals surface area contributed by atoms with Crippen LogP contribution in [0.3, 0.4) is 0 Å². The lowest BCUT2D eigenvalue weighted by Crippen LogP contribution is -2.44. The Labute approximate surface area is 187 Å². The first kappa shape index (κ1) is 23.3. The van der Waals surface area contributed by atoms with E-state index in [4.69, 9.17) is 4.74 Å². The van der Waals surface area contributed by atoms with E-state index in [1.165, 1.54) is 50.9 Å². The maximum atomic E-state index is 6.01. The zero-order valence-electron chi connectivity index (χ0n) is 17.7. The van der Waals surface area contributed by atoms with Crippen LogP contribution in [0.1, 0.15) is 38.2 Å². The predicted molar refractivity (Wildman–Crippen MR) is 128 cm³/mol. The van der Waals surface area contributed by atoms with Crippen LogP contribution in [0.2, 0.25) is 0 Å². The monoisotopic (exact) mass is 500 g/mol. The van der Waals surface area contributed by atoms with Crippen LogP contribution in [0.15, 0.2) is 29.3 Å². The van der Waals surface area contributed by atoms with Crippen LogP contribution >= 0.6 is 24.0 Å². The minimum absolute atomic E-state index is 0. The van der Waals surface area contributed by atoms with Gasteiger partial charge in [-0.1, -0.05) is 24.1 Å². The summed E-state index contributed by atoms with van der Waals surface area (Å²) >= 11 is 0. The van der Waals surface area contributed by atoms with Crippen molar-refractivity contribution in [1.29, 1.82) is 0 Å². The van der Waals surface area contributed by atoms with Crippen molar-refractivity contribution in [2.75, 3.05) is 46.3 Å². The minimum Gasteiger partial charge on any atom is -0.489 e. The van der Waals surface area contributed by atoms with Crippen LogP contribution in [-0.4, -0.2) is 68.2 Å². The van der Waals surface area contributed by atoms with Gasteiger partial charge in [0.05, 0.1) is 6.54 Å². The quantitative estimate of drug-likeness (QED) is 0.367. The lowest BCUT2D eigenvalue weighted by atomic mass is 10.1. The van der Waals surface area contributed by atoms with Gasteiger partial charge in [0.25, 0.3) is 0 Å². The SMILES string of the molecule is CN=C(NCC(C)Oc1ccc(C)cc1)N1CCC(CN2CCCCC2)C1.I. The number of piperidine rings is 1. The number of hydrogen-bond acceptors (Lipinski definition) is 3. The van der Waals surface area contributed by atoms with Gasteiger partial charge in [-0.25, -0.2) is 0 Å². The second kappa shape index (κ2) is 11.9. The van der Waals surface area contributed by atoms with Crippen LogP contribution in [-0.2, 0) is 0 Å². The van der Waals surface area contributed by atoms with E-state index in [-0.39, 0.29) is 30.1 Å². The molecule has 0 aliphatic carbocycles. The maximum Gasteiger partial charge on any atom is 0.193 e.